The highest BCUT2D eigenvalue weighted by molar-refractivity contribution is 14.1. The molecule has 1 saturated carbocycles. The number of benzene rings is 1. The molecule has 1 aromatic rings. The Kier molecular flexibility index (Phi) is 4.49. The van der Waals surface area contributed by atoms with Crippen LogP contribution in [-0.4, -0.2) is 12.1 Å². The molecule has 0 radical (unpaired) electrons. The van der Waals surface area contributed by atoms with E-state index in [2.05, 4.69) is 48.6 Å². The van der Waals surface area contributed by atoms with Crippen LogP contribution in [0.2, 0.25) is 0 Å². The molecule has 1 fully saturated rings. The first-order valence-corrected chi connectivity index (χ1v) is 6.26. The number of ether oxygens (including phenoxy) is 1. The molecular formula is C12H17ClINO. The highest BCUT2D eigenvalue weighted by Crippen LogP contribution is 2.34. The summed E-state index contributed by atoms with van der Waals surface area (Å²) < 4.78 is 7.07. The topological polar surface area (TPSA) is 35.2 Å². The fourth-order valence-electron chi connectivity index (χ4n) is 1.65. The molecular weight excluding hydrogens is 336 g/mol. The average molecular weight is 354 g/mol. The van der Waals surface area contributed by atoms with E-state index in [-0.39, 0.29) is 17.9 Å². The minimum absolute atomic E-state index is 0. The molecule has 0 aliphatic heterocycles. The maximum Gasteiger partial charge on any atom is 0.125 e. The predicted molar refractivity (Wildman–Crippen MR) is 77.5 cm³/mol. The van der Waals surface area contributed by atoms with Crippen LogP contribution in [-0.2, 0) is 0 Å². The standard InChI is InChI=1S/C12H16INO.ClH/c1-8-5-10(13)6-9(2)11(8)15-7-12(14)3-4-12;/h5-6H,3-4,7,14H2,1-2H3;1H. The molecule has 2 rings (SSSR count). The third-order valence-corrected chi connectivity index (χ3v) is 3.44. The molecule has 90 valence electrons. The van der Waals surface area contributed by atoms with E-state index >= 15 is 0 Å². The van der Waals surface area contributed by atoms with Crippen molar-refractivity contribution in [3.8, 4) is 5.75 Å². The average Bonchev–Trinajstić information content (AvgIpc) is 2.82. The van der Waals surface area contributed by atoms with Gasteiger partial charge in [-0.2, -0.15) is 0 Å². The molecule has 0 aromatic heterocycles. The molecule has 0 bridgehead atoms. The molecule has 2 N–H and O–H groups in total. The smallest absolute Gasteiger partial charge is 0.125 e. The van der Waals surface area contributed by atoms with E-state index < -0.39 is 0 Å². The second-order valence-corrected chi connectivity index (χ2v) is 5.77. The zero-order valence-electron chi connectivity index (χ0n) is 9.55. The van der Waals surface area contributed by atoms with Crippen molar-refractivity contribution < 1.29 is 4.74 Å². The summed E-state index contributed by atoms with van der Waals surface area (Å²) in [6, 6.07) is 4.28. The summed E-state index contributed by atoms with van der Waals surface area (Å²) in [5.74, 6) is 1.01. The van der Waals surface area contributed by atoms with Crippen LogP contribution in [0.25, 0.3) is 0 Å². The quantitative estimate of drug-likeness (QED) is 0.847. The Balaban J connectivity index is 0.00000128. The zero-order chi connectivity index (χ0) is 11.1. The molecule has 0 atom stereocenters. The fourth-order valence-corrected chi connectivity index (χ4v) is 2.58. The lowest BCUT2D eigenvalue weighted by molar-refractivity contribution is 0.276. The van der Waals surface area contributed by atoms with Gasteiger partial charge in [-0.3, -0.25) is 0 Å². The van der Waals surface area contributed by atoms with Crippen molar-refractivity contribution in [2.75, 3.05) is 6.61 Å². The van der Waals surface area contributed by atoms with Crippen molar-refractivity contribution >= 4 is 35.0 Å². The molecule has 16 heavy (non-hydrogen) atoms. The minimum atomic E-state index is -0.0398. The van der Waals surface area contributed by atoms with Crippen LogP contribution in [0.15, 0.2) is 12.1 Å². The molecule has 0 unspecified atom stereocenters. The Morgan fingerprint density at radius 2 is 1.81 bits per heavy atom. The van der Waals surface area contributed by atoms with Crippen molar-refractivity contribution in [2.45, 2.75) is 32.2 Å². The van der Waals surface area contributed by atoms with Gasteiger partial charge in [0.1, 0.15) is 12.4 Å². The summed E-state index contributed by atoms with van der Waals surface area (Å²) in [5.41, 5.74) is 8.35. The largest absolute Gasteiger partial charge is 0.491 e. The van der Waals surface area contributed by atoms with Crippen molar-refractivity contribution in [1.82, 2.24) is 0 Å². The first-order chi connectivity index (χ1) is 7.00. The van der Waals surface area contributed by atoms with Gasteiger partial charge in [0, 0.05) is 3.57 Å². The van der Waals surface area contributed by atoms with E-state index in [4.69, 9.17) is 10.5 Å². The van der Waals surface area contributed by atoms with Crippen molar-refractivity contribution in [2.24, 2.45) is 5.73 Å². The summed E-state index contributed by atoms with van der Waals surface area (Å²) >= 11 is 2.32. The number of rotatable bonds is 3. The second-order valence-electron chi connectivity index (χ2n) is 4.52. The van der Waals surface area contributed by atoms with E-state index in [1.54, 1.807) is 0 Å². The summed E-state index contributed by atoms with van der Waals surface area (Å²) in [5, 5.41) is 0. The summed E-state index contributed by atoms with van der Waals surface area (Å²) in [4.78, 5) is 0. The van der Waals surface area contributed by atoms with Crippen LogP contribution in [0.5, 0.6) is 5.75 Å². The van der Waals surface area contributed by atoms with Crippen molar-refractivity contribution in [3.63, 3.8) is 0 Å². The SMILES string of the molecule is Cc1cc(I)cc(C)c1OCC1(N)CC1.Cl. The number of hydrogen-bond donors (Lipinski definition) is 1. The van der Waals surface area contributed by atoms with Gasteiger partial charge in [-0.1, -0.05) is 0 Å². The maximum atomic E-state index is 6.00. The van der Waals surface area contributed by atoms with Crippen molar-refractivity contribution in [3.05, 3.63) is 26.8 Å². The Hall–Kier alpha value is -0.0000000000000000555. The summed E-state index contributed by atoms with van der Waals surface area (Å²) in [6.07, 6.45) is 2.19. The van der Waals surface area contributed by atoms with Gasteiger partial charge < -0.3 is 10.5 Å². The molecule has 1 aromatic carbocycles. The molecule has 4 heteroatoms. The molecule has 1 aliphatic rings. The van der Waals surface area contributed by atoms with Gasteiger partial charge in [-0.05, 0) is 72.5 Å². The van der Waals surface area contributed by atoms with E-state index in [1.165, 1.54) is 14.7 Å². The van der Waals surface area contributed by atoms with Gasteiger partial charge in [-0.25, -0.2) is 0 Å². The van der Waals surface area contributed by atoms with Gasteiger partial charge in [0.25, 0.3) is 0 Å². The van der Waals surface area contributed by atoms with E-state index in [9.17, 15) is 0 Å². The minimum Gasteiger partial charge on any atom is -0.491 e. The van der Waals surface area contributed by atoms with Crippen LogP contribution in [0.3, 0.4) is 0 Å². The van der Waals surface area contributed by atoms with Crippen LogP contribution in [0, 0.1) is 17.4 Å². The van der Waals surface area contributed by atoms with Crippen molar-refractivity contribution in [1.29, 1.82) is 0 Å². The highest BCUT2D eigenvalue weighted by Gasteiger charge is 2.39. The molecule has 0 heterocycles. The molecule has 0 spiro atoms. The van der Waals surface area contributed by atoms with Gasteiger partial charge in [0.2, 0.25) is 0 Å². The number of halogens is 2. The van der Waals surface area contributed by atoms with Gasteiger partial charge in [0.05, 0.1) is 5.54 Å². The second kappa shape index (κ2) is 5.10. The van der Waals surface area contributed by atoms with Crippen LogP contribution in [0.4, 0.5) is 0 Å². The molecule has 0 saturated heterocycles. The lowest BCUT2D eigenvalue weighted by Gasteiger charge is -2.15. The predicted octanol–water partition coefficient (Wildman–Crippen LogP) is 3.20. The third kappa shape index (κ3) is 3.25. The normalized spacial score (nSPS) is 16.5. The van der Waals surface area contributed by atoms with Crippen LogP contribution >= 0.6 is 35.0 Å². The third-order valence-electron chi connectivity index (χ3n) is 2.82. The highest BCUT2D eigenvalue weighted by atomic mass is 127. The summed E-state index contributed by atoms with van der Waals surface area (Å²) in [6.45, 7) is 4.82. The lowest BCUT2D eigenvalue weighted by Crippen LogP contribution is -2.30. The zero-order valence-corrected chi connectivity index (χ0v) is 12.5. The van der Waals surface area contributed by atoms with Crippen LogP contribution < -0.4 is 10.5 Å². The summed E-state index contributed by atoms with van der Waals surface area (Å²) in [7, 11) is 0. The maximum absolute atomic E-state index is 6.00. The van der Waals surface area contributed by atoms with E-state index in [1.807, 2.05) is 0 Å². The van der Waals surface area contributed by atoms with Crippen LogP contribution in [0.1, 0.15) is 24.0 Å². The molecule has 0 amide bonds. The number of aryl methyl sites for hydroxylation is 2. The number of hydrogen-bond acceptors (Lipinski definition) is 2. The lowest BCUT2D eigenvalue weighted by atomic mass is 10.1. The monoisotopic (exact) mass is 353 g/mol. The van der Waals surface area contributed by atoms with Gasteiger partial charge >= 0.3 is 0 Å². The fraction of sp³-hybridized carbons (Fsp3) is 0.500. The molecule has 1 aliphatic carbocycles. The molecule has 2 nitrogen and oxygen atoms in total. The van der Waals surface area contributed by atoms with Gasteiger partial charge in [-0.15, -0.1) is 12.4 Å². The Morgan fingerprint density at radius 1 is 1.31 bits per heavy atom. The Bertz CT molecular complexity index is 368. The Labute approximate surface area is 116 Å². The van der Waals surface area contributed by atoms with E-state index in [0.717, 1.165) is 18.6 Å². The van der Waals surface area contributed by atoms with Gasteiger partial charge in [0.15, 0.2) is 0 Å². The first-order valence-electron chi connectivity index (χ1n) is 5.19. The first kappa shape index (κ1) is 14.1. The Morgan fingerprint density at radius 3 is 2.25 bits per heavy atom. The number of nitrogens with two attached hydrogens (primary N) is 1. The van der Waals surface area contributed by atoms with E-state index in [0.29, 0.717) is 6.61 Å².